The minimum atomic E-state index is 0.00267. The van der Waals surface area contributed by atoms with Gasteiger partial charge in [0, 0.05) is 10.0 Å². The van der Waals surface area contributed by atoms with Gasteiger partial charge in [0.2, 0.25) is 0 Å². The summed E-state index contributed by atoms with van der Waals surface area (Å²) in [5.41, 5.74) is 2.34. The van der Waals surface area contributed by atoms with Gasteiger partial charge in [-0.1, -0.05) is 27.5 Å². The zero-order valence-electron chi connectivity index (χ0n) is 11.7. The van der Waals surface area contributed by atoms with Crippen molar-refractivity contribution in [3.63, 3.8) is 0 Å². The lowest BCUT2D eigenvalue weighted by Crippen LogP contribution is -2.08. The van der Waals surface area contributed by atoms with Crippen LogP contribution in [0.25, 0.3) is 0 Å². The van der Waals surface area contributed by atoms with Gasteiger partial charge in [-0.25, -0.2) is 0 Å². The number of methoxy groups -OCH3 is 1. The smallest absolute Gasteiger partial charge is 0.124 e. The van der Waals surface area contributed by atoms with Crippen LogP contribution in [0.15, 0.2) is 40.9 Å². The number of benzene rings is 2. The van der Waals surface area contributed by atoms with E-state index in [1.54, 1.807) is 19.2 Å². The van der Waals surface area contributed by atoms with Crippen LogP contribution in [0.1, 0.15) is 24.1 Å². The Morgan fingerprint density at radius 2 is 2.05 bits per heavy atom. The third kappa shape index (κ3) is 3.69. The van der Waals surface area contributed by atoms with E-state index in [1.807, 2.05) is 31.2 Å². The Morgan fingerprint density at radius 3 is 2.67 bits per heavy atom. The third-order valence-corrected chi connectivity index (χ3v) is 3.93. The molecule has 2 aromatic rings. The Bertz CT molecular complexity index is 697. The summed E-state index contributed by atoms with van der Waals surface area (Å²) < 4.78 is 6.37. The normalized spacial score (nSPS) is 11.6. The van der Waals surface area contributed by atoms with E-state index in [0.717, 1.165) is 21.5 Å². The summed E-state index contributed by atoms with van der Waals surface area (Å²) >= 11 is 9.66. The first kappa shape index (κ1) is 15.7. The second-order valence-electron chi connectivity index (χ2n) is 4.56. The molecule has 0 radical (unpaired) electrons. The summed E-state index contributed by atoms with van der Waals surface area (Å²) in [7, 11) is 1.65. The van der Waals surface area contributed by atoms with E-state index in [9.17, 15) is 0 Å². The van der Waals surface area contributed by atoms with Crippen molar-refractivity contribution >= 4 is 33.2 Å². The average Bonchev–Trinajstić information content (AvgIpc) is 2.49. The molecule has 0 aliphatic rings. The lowest BCUT2D eigenvalue weighted by Gasteiger charge is -2.19. The number of rotatable bonds is 4. The second-order valence-corrected chi connectivity index (χ2v) is 5.88. The maximum absolute atomic E-state index is 8.86. The molecule has 108 valence electrons. The van der Waals surface area contributed by atoms with Crippen molar-refractivity contribution in [2.45, 2.75) is 13.0 Å². The molecule has 1 unspecified atom stereocenters. The van der Waals surface area contributed by atoms with Crippen LogP contribution in [0, 0.1) is 11.3 Å². The van der Waals surface area contributed by atoms with E-state index in [1.165, 1.54) is 0 Å². The van der Waals surface area contributed by atoms with Crippen molar-refractivity contribution in [2.75, 3.05) is 12.4 Å². The van der Waals surface area contributed by atoms with Crippen molar-refractivity contribution in [2.24, 2.45) is 0 Å². The molecule has 0 heterocycles. The number of nitrogens with one attached hydrogen (secondary N) is 1. The zero-order valence-corrected chi connectivity index (χ0v) is 14.0. The van der Waals surface area contributed by atoms with Gasteiger partial charge in [-0.2, -0.15) is 5.26 Å². The fraction of sp³-hybridized carbons (Fsp3) is 0.188. The van der Waals surface area contributed by atoms with E-state index in [2.05, 4.69) is 27.3 Å². The van der Waals surface area contributed by atoms with E-state index in [0.29, 0.717) is 10.6 Å². The van der Waals surface area contributed by atoms with Crippen LogP contribution in [0.4, 0.5) is 5.69 Å². The molecular weight excluding hydrogens is 352 g/mol. The molecule has 0 spiro atoms. The molecule has 2 aromatic carbocycles. The zero-order chi connectivity index (χ0) is 15.4. The summed E-state index contributed by atoms with van der Waals surface area (Å²) in [6, 6.07) is 13.1. The number of hydrogen-bond acceptors (Lipinski definition) is 3. The highest BCUT2D eigenvalue weighted by Gasteiger charge is 2.13. The molecule has 0 aliphatic carbocycles. The molecule has 5 heteroatoms. The van der Waals surface area contributed by atoms with Crippen molar-refractivity contribution < 1.29 is 4.74 Å². The Morgan fingerprint density at radius 1 is 1.29 bits per heavy atom. The van der Waals surface area contributed by atoms with Crippen LogP contribution in [0.2, 0.25) is 5.02 Å². The molecule has 1 atom stereocenters. The molecule has 0 saturated heterocycles. The summed E-state index contributed by atoms with van der Waals surface area (Å²) in [6.07, 6.45) is 0. The highest BCUT2D eigenvalue weighted by atomic mass is 79.9. The molecule has 2 rings (SSSR count). The SMILES string of the molecule is COc1ccc(Br)cc1C(C)Nc1ccc(C#N)cc1Cl. The molecule has 0 amide bonds. The average molecular weight is 366 g/mol. The van der Waals surface area contributed by atoms with Crippen LogP contribution < -0.4 is 10.1 Å². The summed E-state index contributed by atoms with van der Waals surface area (Å²) in [4.78, 5) is 0. The fourth-order valence-electron chi connectivity index (χ4n) is 2.06. The van der Waals surface area contributed by atoms with Crippen LogP contribution in [-0.4, -0.2) is 7.11 Å². The van der Waals surface area contributed by atoms with Gasteiger partial charge < -0.3 is 10.1 Å². The van der Waals surface area contributed by atoms with Crippen LogP contribution in [-0.2, 0) is 0 Å². The molecule has 0 saturated carbocycles. The number of ether oxygens (including phenoxy) is 1. The Labute approximate surface area is 137 Å². The molecule has 0 aromatic heterocycles. The van der Waals surface area contributed by atoms with Crippen molar-refractivity contribution in [3.05, 3.63) is 57.0 Å². The largest absolute Gasteiger partial charge is 0.496 e. The summed E-state index contributed by atoms with van der Waals surface area (Å²) in [6.45, 7) is 2.03. The van der Waals surface area contributed by atoms with Crippen LogP contribution in [0.3, 0.4) is 0 Å². The van der Waals surface area contributed by atoms with Crippen molar-refractivity contribution in [3.8, 4) is 11.8 Å². The number of nitriles is 1. The fourth-order valence-corrected chi connectivity index (χ4v) is 2.67. The number of halogens is 2. The minimum absolute atomic E-state index is 0.00267. The minimum Gasteiger partial charge on any atom is -0.496 e. The Balaban J connectivity index is 2.28. The topological polar surface area (TPSA) is 45.0 Å². The molecule has 1 N–H and O–H groups in total. The molecule has 21 heavy (non-hydrogen) atoms. The Kier molecular flexibility index (Phi) is 5.11. The van der Waals surface area contributed by atoms with Crippen molar-refractivity contribution in [1.29, 1.82) is 5.26 Å². The lowest BCUT2D eigenvalue weighted by atomic mass is 10.1. The van der Waals surface area contributed by atoms with Gasteiger partial charge in [0.15, 0.2) is 0 Å². The maximum Gasteiger partial charge on any atom is 0.124 e. The van der Waals surface area contributed by atoms with Gasteiger partial charge >= 0.3 is 0 Å². The predicted octanol–water partition coefficient (Wildman–Crippen LogP) is 5.16. The van der Waals surface area contributed by atoms with Crippen molar-refractivity contribution in [1.82, 2.24) is 0 Å². The molecular formula is C16H14BrClN2O. The van der Waals surface area contributed by atoms with E-state index < -0.39 is 0 Å². The van der Waals surface area contributed by atoms with Crippen LogP contribution >= 0.6 is 27.5 Å². The molecule has 3 nitrogen and oxygen atoms in total. The summed E-state index contributed by atoms with van der Waals surface area (Å²) in [5, 5.41) is 12.7. The summed E-state index contributed by atoms with van der Waals surface area (Å²) in [5.74, 6) is 0.808. The first-order chi connectivity index (χ1) is 10.0. The standard InChI is InChI=1S/C16H14BrClN2O/c1-10(13-8-12(17)4-6-16(13)21-2)20-15-5-3-11(9-19)7-14(15)18/h3-8,10,20H,1-2H3. The van der Waals surface area contributed by atoms with Gasteiger partial charge in [0.05, 0.1) is 35.5 Å². The van der Waals surface area contributed by atoms with Crippen LogP contribution in [0.5, 0.6) is 5.75 Å². The molecule has 0 fully saturated rings. The van der Waals surface area contributed by atoms with Gasteiger partial charge in [-0.15, -0.1) is 0 Å². The highest BCUT2D eigenvalue weighted by molar-refractivity contribution is 9.10. The highest BCUT2D eigenvalue weighted by Crippen LogP contribution is 2.32. The lowest BCUT2D eigenvalue weighted by molar-refractivity contribution is 0.408. The van der Waals surface area contributed by atoms with E-state index in [4.69, 9.17) is 21.6 Å². The van der Waals surface area contributed by atoms with Gasteiger partial charge in [0.1, 0.15) is 5.75 Å². The second kappa shape index (κ2) is 6.84. The first-order valence-electron chi connectivity index (χ1n) is 6.34. The molecule has 0 aliphatic heterocycles. The molecule has 0 bridgehead atoms. The third-order valence-electron chi connectivity index (χ3n) is 3.13. The first-order valence-corrected chi connectivity index (χ1v) is 7.52. The number of anilines is 1. The number of hydrogen-bond donors (Lipinski definition) is 1. The van der Waals surface area contributed by atoms with E-state index >= 15 is 0 Å². The van der Waals surface area contributed by atoms with E-state index in [-0.39, 0.29) is 6.04 Å². The number of nitrogens with zero attached hydrogens (tertiary/aromatic N) is 1. The quantitative estimate of drug-likeness (QED) is 0.814. The van der Waals surface area contributed by atoms with Gasteiger partial charge in [0.25, 0.3) is 0 Å². The predicted molar refractivity (Wildman–Crippen MR) is 88.9 cm³/mol. The van der Waals surface area contributed by atoms with Gasteiger partial charge in [-0.3, -0.25) is 0 Å². The maximum atomic E-state index is 8.86. The Hall–Kier alpha value is -1.70. The van der Waals surface area contributed by atoms with Gasteiger partial charge in [-0.05, 0) is 43.3 Å². The monoisotopic (exact) mass is 364 g/mol.